The zero-order chi connectivity index (χ0) is 31.2. The topological polar surface area (TPSA) is 88.6 Å². The van der Waals surface area contributed by atoms with Gasteiger partial charge in [-0.2, -0.15) is 18.3 Å². The van der Waals surface area contributed by atoms with E-state index in [9.17, 15) is 22.8 Å². The second-order valence-electron chi connectivity index (χ2n) is 11.7. The quantitative estimate of drug-likeness (QED) is 0.304. The fourth-order valence-corrected chi connectivity index (χ4v) is 6.22. The second-order valence-corrected chi connectivity index (χ2v) is 11.7. The standard InChI is InChI=1S/C32H32F3N7O2/c1-4-8-41-19-25(28(38-41)32(33,34)35)27-18-37-29-26(36-7-9-42(27)29)17-22-5-6-24(21(3)16-22)31(44)40-12-10-39(11-13-40)30(43)23-14-20(2)15-23/h1,5-7,9,16,18-20,23H,8,10-15,17H2,2-3H3/t20-,23+. The largest absolute Gasteiger partial charge is 0.435 e. The minimum Gasteiger partial charge on any atom is -0.339 e. The summed E-state index contributed by atoms with van der Waals surface area (Å²) in [6, 6.07) is 5.58. The van der Waals surface area contributed by atoms with E-state index in [1.54, 1.807) is 21.6 Å². The number of amides is 2. The van der Waals surface area contributed by atoms with E-state index in [1.165, 1.54) is 18.6 Å². The van der Waals surface area contributed by atoms with Gasteiger partial charge in [0.05, 0.1) is 23.1 Å². The van der Waals surface area contributed by atoms with Gasteiger partial charge < -0.3 is 9.80 Å². The first kappa shape index (κ1) is 29.4. The average molecular weight is 604 g/mol. The Kier molecular flexibility index (Phi) is 7.65. The number of imidazole rings is 1. The Balaban J connectivity index is 1.18. The number of carbonyl (C=O) groups excluding carboxylic acids is 2. The number of carbonyl (C=O) groups is 2. The van der Waals surface area contributed by atoms with Crippen LogP contribution in [0.2, 0.25) is 0 Å². The number of hydrogen-bond acceptors (Lipinski definition) is 5. The van der Waals surface area contributed by atoms with Gasteiger partial charge in [-0.3, -0.25) is 23.7 Å². The van der Waals surface area contributed by atoms with Gasteiger partial charge in [0.1, 0.15) is 6.54 Å². The van der Waals surface area contributed by atoms with Gasteiger partial charge in [0.2, 0.25) is 5.91 Å². The predicted molar refractivity (Wildman–Crippen MR) is 156 cm³/mol. The molecule has 2 aliphatic rings. The van der Waals surface area contributed by atoms with E-state index in [-0.39, 0.29) is 35.5 Å². The van der Waals surface area contributed by atoms with Crippen LogP contribution >= 0.6 is 0 Å². The molecule has 1 saturated heterocycles. The third kappa shape index (κ3) is 5.54. The Morgan fingerprint density at radius 1 is 1.09 bits per heavy atom. The lowest BCUT2D eigenvalue weighted by Gasteiger charge is -2.40. The minimum absolute atomic E-state index is 0.0672. The highest BCUT2D eigenvalue weighted by Gasteiger charge is 2.39. The van der Waals surface area contributed by atoms with Crippen molar-refractivity contribution in [3.05, 3.63) is 71.1 Å². The summed E-state index contributed by atoms with van der Waals surface area (Å²) < 4.78 is 44.0. The number of benzene rings is 1. The number of aryl methyl sites for hydroxylation is 1. The van der Waals surface area contributed by atoms with E-state index in [0.717, 1.165) is 28.7 Å². The summed E-state index contributed by atoms with van der Waals surface area (Å²) in [5, 5.41) is 3.66. The van der Waals surface area contributed by atoms with Crippen LogP contribution in [0.15, 0.2) is 43.0 Å². The van der Waals surface area contributed by atoms with Crippen LogP contribution in [0, 0.1) is 31.1 Å². The Hall–Kier alpha value is -4.66. The molecular formula is C32H32F3N7O2. The normalized spacial score (nSPS) is 18.7. The van der Waals surface area contributed by atoms with Crippen molar-refractivity contribution in [2.45, 2.75) is 45.8 Å². The molecule has 1 aliphatic carbocycles. The van der Waals surface area contributed by atoms with Crippen molar-refractivity contribution >= 4 is 17.5 Å². The molecule has 2 fully saturated rings. The van der Waals surface area contributed by atoms with Crippen molar-refractivity contribution in [1.29, 1.82) is 0 Å². The first-order valence-electron chi connectivity index (χ1n) is 14.6. The maximum atomic E-state index is 13.8. The zero-order valence-electron chi connectivity index (χ0n) is 24.5. The summed E-state index contributed by atoms with van der Waals surface area (Å²) in [5.41, 5.74) is 2.34. The zero-order valence-corrected chi connectivity index (χ0v) is 24.5. The fourth-order valence-electron chi connectivity index (χ4n) is 6.22. The van der Waals surface area contributed by atoms with Crippen molar-refractivity contribution in [2.75, 3.05) is 26.2 Å². The summed E-state index contributed by atoms with van der Waals surface area (Å²) >= 11 is 0. The number of rotatable bonds is 6. The maximum absolute atomic E-state index is 13.8. The Labute approximate surface area is 252 Å². The molecular weight excluding hydrogens is 571 g/mol. The molecule has 1 aromatic carbocycles. The van der Waals surface area contributed by atoms with Crippen LogP contribution in [0.4, 0.5) is 13.2 Å². The Morgan fingerprint density at radius 2 is 1.82 bits per heavy atom. The lowest BCUT2D eigenvalue weighted by molar-refractivity contribution is -0.141. The molecule has 0 spiro atoms. The van der Waals surface area contributed by atoms with Crippen LogP contribution in [0.1, 0.15) is 52.6 Å². The molecule has 0 radical (unpaired) electrons. The van der Waals surface area contributed by atoms with Gasteiger partial charge in [0.25, 0.3) is 5.91 Å². The molecule has 44 heavy (non-hydrogen) atoms. The summed E-state index contributed by atoms with van der Waals surface area (Å²) in [7, 11) is 0. The SMILES string of the molecule is C#CCn1cc(-c2cnc3c(Cc4ccc(C(=O)N5CCN(C(=O)[C@H]6C[C@@H](C)C6)CC5)c(C)c4)nccn23)c(C(F)(F)F)n1. The van der Waals surface area contributed by atoms with Crippen molar-refractivity contribution < 1.29 is 22.8 Å². The van der Waals surface area contributed by atoms with Crippen molar-refractivity contribution in [1.82, 2.24) is 33.9 Å². The van der Waals surface area contributed by atoms with E-state index in [4.69, 9.17) is 6.42 Å². The number of halogens is 3. The third-order valence-corrected chi connectivity index (χ3v) is 8.55. The molecule has 1 saturated carbocycles. The maximum Gasteiger partial charge on any atom is 0.435 e. The highest BCUT2D eigenvalue weighted by molar-refractivity contribution is 5.96. The lowest BCUT2D eigenvalue weighted by Crippen LogP contribution is -2.53. The number of piperazine rings is 1. The molecule has 9 nitrogen and oxygen atoms in total. The van der Waals surface area contributed by atoms with Gasteiger partial charge in [-0.05, 0) is 42.9 Å². The average Bonchev–Trinajstić information content (AvgIpc) is 3.60. The van der Waals surface area contributed by atoms with Crippen molar-refractivity contribution in [2.24, 2.45) is 11.8 Å². The highest BCUT2D eigenvalue weighted by atomic mass is 19.4. The number of alkyl halides is 3. The molecule has 4 aromatic rings. The van der Waals surface area contributed by atoms with E-state index in [1.807, 2.05) is 24.0 Å². The number of nitrogens with zero attached hydrogens (tertiary/aromatic N) is 7. The lowest BCUT2D eigenvalue weighted by atomic mass is 9.75. The molecule has 228 valence electrons. The first-order chi connectivity index (χ1) is 21.0. The van der Waals surface area contributed by atoms with Crippen molar-refractivity contribution in [3.8, 4) is 23.6 Å². The molecule has 0 bridgehead atoms. The summed E-state index contributed by atoms with van der Waals surface area (Å²) in [6.07, 6.45) is 8.61. The summed E-state index contributed by atoms with van der Waals surface area (Å²) in [5.74, 6) is 3.19. The van der Waals surface area contributed by atoms with E-state index in [0.29, 0.717) is 55.4 Å². The number of aromatic nitrogens is 5. The number of hydrogen-bond donors (Lipinski definition) is 0. The van der Waals surface area contributed by atoms with Crippen LogP contribution in [0.5, 0.6) is 0 Å². The molecule has 6 rings (SSSR count). The van der Waals surface area contributed by atoms with E-state index >= 15 is 0 Å². The van der Waals surface area contributed by atoms with Crippen LogP contribution in [0.3, 0.4) is 0 Å². The van der Waals surface area contributed by atoms with Gasteiger partial charge in [0.15, 0.2) is 11.3 Å². The highest BCUT2D eigenvalue weighted by Crippen LogP contribution is 2.37. The molecule has 12 heteroatoms. The van der Waals surface area contributed by atoms with Gasteiger partial charge in [0, 0.05) is 62.7 Å². The van der Waals surface area contributed by atoms with Crippen LogP contribution in [-0.4, -0.2) is 71.9 Å². The monoisotopic (exact) mass is 603 g/mol. The van der Waals surface area contributed by atoms with Crippen LogP contribution in [0.25, 0.3) is 16.9 Å². The molecule has 0 unspecified atom stereocenters. The molecule has 4 heterocycles. The van der Waals surface area contributed by atoms with Crippen LogP contribution < -0.4 is 0 Å². The summed E-state index contributed by atoms with van der Waals surface area (Å²) in [4.78, 5) is 38.6. The van der Waals surface area contributed by atoms with E-state index < -0.39 is 11.9 Å². The molecule has 3 aromatic heterocycles. The van der Waals surface area contributed by atoms with Crippen LogP contribution in [-0.2, 0) is 23.9 Å². The smallest absolute Gasteiger partial charge is 0.339 e. The first-order valence-corrected chi connectivity index (χ1v) is 14.6. The van der Waals surface area contributed by atoms with Gasteiger partial charge in [-0.25, -0.2) is 4.98 Å². The van der Waals surface area contributed by atoms with Gasteiger partial charge in [-0.15, -0.1) is 6.42 Å². The van der Waals surface area contributed by atoms with Gasteiger partial charge in [-0.1, -0.05) is 25.0 Å². The third-order valence-electron chi connectivity index (χ3n) is 8.55. The molecule has 1 aliphatic heterocycles. The summed E-state index contributed by atoms with van der Waals surface area (Å²) in [6.45, 7) is 6.03. The van der Waals surface area contributed by atoms with Gasteiger partial charge >= 0.3 is 6.18 Å². The molecule has 2 amide bonds. The van der Waals surface area contributed by atoms with E-state index in [2.05, 4.69) is 27.9 Å². The number of fused-ring (bicyclic) bond motifs is 1. The van der Waals surface area contributed by atoms with Crippen molar-refractivity contribution in [3.63, 3.8) is 0 Å². The molecule has 0 N–H and O–H groups in total. The fraction of sp³-hybridized carbons (Fsp3) is 0.406. The predicted octanol–water partition coefficient (Wildman–Crippen LogP) is 4.47. The molecule has 0 atom stereocenters. The Morgan fingerprint density at radius 3 is 2.48 bits per heavy atom. The Bertz CT molecular complexity index is 1770. The second kappa shape index (κ2) is 11.4. The minimum atomic E-state index is -4.67. The number of terminal acetylenes is 1.